The molecule has 7 heteroatoms. The molecule has 2 nitrogen and oxygen atoms in total. The van der Waals surface area contributed by atoms with E-state index in [4.69, 9.17) is 5.73 Å². The Hall–Kier alpha value is -0.300. The van der Waals surface area contributed by atoms with E-state index in [2.05, 4.69) is 21.2 Å². The van der Waals surface area contributed by atoms with Crippen LogP contribution in [-0.4, -0.2) is 13.1 Å². The summed E-state index contributed by atoms with van der Waals surface area (Å²) in [6.07, 6.45) is -2.55. The Labute approximate surface area is 130 Å². The third-order valence-electron chi connectivity index (χ3n) is 3.52. The number of nitrogens with one attached hydrogen (secondary N) is 1. The minimum Gasteiger partial charge on any atom is -0.324 e. The van der Waals surface area contributed by atoms with Crippen LogP contribution in [0.1, 0.15) is 30.0 Å². The molecule has 1 aromatic rings. The van der Waals surface area contributed by atoms with Gasteiger partial charge in [0.25, 0.3) is 0 Å². The van der Waals surface area contributed by atoms with Crippen LogP contribution in [-0.2, 0) is 6.18 Å². The van der Waals surface area contributed by atoms with Crippen LogP contribution in [0.2, 0.25) is 0 Å². The van der Waals surface area contributed by atoms with Gasteiger partial charge < -0.3 is 11.1 Å². The van der Waals surface area contributed by atoms with Crippen molar-refractivity contribution in [2.24, 2.45) is 11.7 Å². The summed E-state index contributed by atoms with van der Waals surface area (Å²) in [5.74, 6) is 0.233. The number of hydrogen-bond acceptors (Lipinski definition) is 2. The Morgan fingerprint density at radius 1 is 1.20 bits per heavy atom. The summed E-state index contributed by atoms with van der Waals surface area (Å²) in [7, 11) is 0. The summed E-state index contributed by atoms with van der Waals surface area (Å²) < 4.78 is 38.8. The van der Waals surface area contributed by atoms with Crippen molar-refractivity contribution in [3.63, 3.8) is 0 Å². The van der Waals surface area contributed by atoms with Crippen LogP contribution in [0, 0.1) is 5.92 Å². The average Bonchev–Trinajstić information content (AvgIpc) is 2.37. The average molecular weight is 374 g/mol. The van der Waals surface area contributed by atoms with Crippen LogP contribution in [0.4, 0.5) is 13.2 Å². The molecule has 1 aliphatic rings. The number of alkyl halides is 3. The number of piperidine rings is 1. The van der Waals surface area contributed by atoms with Crippen LogP contribution >= 0.6 is 28.3 Å². The van der Waals surface area contributed by atoms with Gasteiger partial charge in [-0.25, -0.2) is 0 Å². The first-order chi connectivity index (χ1) is 8.88. The van der Waals surface area contributed by atoms with Crippen molar-refractivity contribution in [3.8, 4) is 0 Å². The standard InChI is InChI=1S/C13H16BrF3N2.ClH/c14-11-6-9(5-10(7-11)13(15,16)17)12(18)8-1-3-19-4-2-8;/h5-8,12,19H,1-4,18H2;1H/t12-;/m1./s1. The van der Waals surface area contributed by atoms with Crippen LogP contribution < -0.4 is 11.1 Å². The Morgan fingerprint density at radius 3 is 2.35 bits per heavy atom. The van der Waals surface area contributed by atoms with E-state index in [1.54, 1.807) is 6.07 Å². The molecular weight excluding hydrogens is 357 g/mol. The van der Waals surface area contributed by atoms with E-state index < -0.39 is 11.7 Å². The Morgan fingerprint density at radius 2 is 1.80 bits per heavy atom. The minimum absolute atomic E-state index is 0. The highest BCUT2D eigenvalue weighted by atomic mass is 79.9. The molecule has 0 aromatic heterocycles. The largest absolute Gasteiger partial charge is 0.416 e. The molecule has 3 N–H and O–H groups in total. The third-order valence-corrected chi connectivity index (χ3v) is 3.98. The highest BCUT2D eigenvalue weighted by Crippen LogP contribution is 2.35. The summed E-state index contributed by atoms with van der Waals surface area (Å²) in [6.45, 7) is 1.75. The maximum absolute atomic E-state index is 12.8. The van der Waals surface area contributed by atoms with Crippen molar-refractivity contribution in [1.82, 2.24) is 5.32 Å². The maximum Gasteiger partial charge on any atom is 0.416 e. The molecule has 2 rings (SSSR count). The van der Waals surface area contributed by atoms with Crippen LogP contribution in [0.25, 0.3) is 0 Å². The quantitative estimate of drug-likeness (QED) is 0.825. The molecule has 0 saturated carbocycles. The zero-order valence-corrected chi connectivity index (χ0v) is 13.1. The summed E-state index contributed by atoms with van der Waals surface area (Å²) in [4.78, 5) is 0. The van der Waals surface area contributed by atoms with Crippen LogP contribution in [0.15, 0.2) is 22.7 Å². The fraction of sp³-hybridized carbons (Fsp3) is 0.538. The molecule has 1 fully saturated rings. The topological polar surface area (TPSA) is 38.0 Å². The van der Waals surface area contributed by atoms with Gasteiger partial charge in [-0.2, -0.15) is 13.2 Å². The third kappa shape index (κ3) is 4.35. The first kappa shape index (κ1) is 17.8. The fourth-order valence-electron chi connectivity index (χ4n) is 2.44. The predicted octanol–water partition coefficient (Wildman–Crippen LogP) is 3.89. The fourth-order valence-corrected chi connectivity index (χ4v) is 2.95. The number of hydrogen-bond donors (Lipinski definition) is 2. The second kappa shape index (κ2) is 7.11. The van der Waals surface area contributed by atoms with E-state index in [-0.39, 0.29) is 24.4 Å². The zero-order valence-electron chi connectivity index (χ0n) is 10.7. The van der Waals surface area contributed by atoms with E-state index in [0.29, 0.717) is 10.0 Å². The number of nitrogens with two attached hydrogens (primary N) is 1. The lowest BCUT2D eigenvalue weighted by molar-refractivity contribution is -0.137. The molecular formula is C13H17BrClF3N2. The molecule has 0 amide bonds. The summed E-state index contributed by atoms with van der Waals surface area (Å²) in [5.41, 5.74) is 6.03. The Bertz CT molecular complexity index is 448. The second-order valence-corrected chi connectivity index (χ2v) is 5.80. The smallest absolute Gasteiger partial charge is 0.324 e. The first-order valence-corrected chi connectivity index (χ1v) is 7.01. The molecule has 20 heavy (non-hydrogen) atoms. The number of benzene rings is 1. The summed E-state index contributed by atoms with van der Waals surface area (Å²) in [6, 6.07) is 3.58. The van der Waals surface area contributed by atoms with E-state index >= 15 is 0 Å². The van der Waals surface area contributed by atoms with Crippen molar-refractivity contribution in [3.05, 3.63) is 33.8 Å². The molecule has 1 heterocycles. The van der Waals surface area contributed by atoms with E-state index in [0.717, 1.165) is 38.1 Å². The van der Waals surface area contributed by atoms with Crippen LogP contribution in [0.3, 0.4) is 0 Å². The number of rotatable bonds is 2. The Kier molecular flexibility index (Phi) is 6.31. The molecule has 1 saturated heterocycles. The lowest BCUT2D eigenvalue weighted by Gasteiger charge is -2.28. The van der Waals surface area contributed by atoms with Gasteiger partial charge in [-0.05, 0) is 55.6 Å². The minimum atomic E-state index is -4.34. The highest BCUT2D eigenvalue weighted by Gasteiger charge is 2.32. The monoisotopic (exact) mass is 372 g/mol. The van der Waals surface area contributed by atoms with Gasteiger partial charge in [-0.15, -0.1) is 12.4 Å². The highest BCUT2D eigenvalue weighted by molar-refractivity contribution is 9.10. The molecule has 0 aliphatic carbocycles. The van der Waals surface area contributed by atoms with Gasteiger partial charge in [0.15, 0.2) is 0 Å². The molecule has 114 valence electrons. The summed E-state index contributed by atoms with van der Waals surface area (Å²) >= 11 is 3.13. The molecule has 1 aliphatic heterocycles. The lowest BCUT2D eigenvalue weighted by atomic mass is 9.86. The molecule has 1 aromatic carbocycles. The molecule has 0 spiro atoms. The van der Waals surface area contributed by atoms with Gasteiger partial charge in [0.2, 0.25) is 0 Å². The first-order valence-electron chi connectivity index (χ1n) is 6.22. The van der Waals surface area contributed by atoms with Crippen molar-refractivity contribution in [2.45, 2.75) is 25.1 Å². The Balaban J connectivity index is 0.00000200. The molecule has 0 unspecified atom stereocenters. The van der Waals surface area contributed by atoms with E-state index in [1.165, 1.54) is 0 Å². The van der Waals surface area contributed by atoms with Gasteiger partial charge in [0.1, 0.15) is 0 Å². The van der Waals surface area contributed by atoms with Gasteiger partial charge >= 0.3 is 6.18 Å². The zero-order chi connectivity index (χ0) is 14.0. The predicted molar refractivity (Wildman–Crippen MR) is 78.9 cm³/mol. The van der Waals surface area contributed by atoms with E-state index in [1.807, 2.05) is 0 Å². The van der Waals surface area contributed by atoms with Gasteiger partial charge in [0.05, 0.1) is 5.56 Å². The lowest BCUT2D eigenvalue weighted by Crippen LogP contribution is -2.33. The van der Waals surface area contributed by atoms with Crippen LogP contribution in [0.5, 0.6) is 0 Å². The van der Waals surface area contributed by atoms with Gasteiger partial charge in [0, 0.05) is 10.5 Å². The van der Waals surface area contributed by atoms with Gasteiger partial charge in [-0.3, -0.25) is 0 Å². The maximum atomic E-state index is 12.8. The van der Waals surface area contributed by atoms with Crippen molar-refractivity contribution in [1.29, 1.82) is 0 Å². The van der Waals surface area contributed by atoms with Crippen molar-refractivity contribution < 1.29 is 13.2 Å². The van der Waals surface area contributed by atoms with Crippen molar-refractivity contribution in [2.75, 3.05) is 13.1 Å². The van der Waals surface area contributed by atoms with E-state index in [9.17, 15) is 13.2 Å². The molecule has 1 atom stereocenters. The molecule has 0 bridgehead atoms. The SMILES string of the molecule is Cl.N[C@@H](c1cc(Br)cc(C(F)(F)F)c1)C1CCNCC1. The summed E-state index contributed by atoms with van der Waals surface area (Å²) in [5, 5.41) is 3.22. The normalized spacial score (nSPS) is 18.4. The van der Waals surface area contributed by atoms with Crippen molar-refractivity contribution >= 4 is 28.3 Å². The van der Waals surface area contributed by atoms with Gasteiger partial charge in [-0.1, -0.05) is 15.9 Å². The number of halogens is 5. The molecule has 0 radical (unpaired) electrons. The second-order valence-electron chi connectivity index (χ2n) is 4.88.